The van der Waals surface area contributed by atoms with Gasteiger partial charge in [-0.25, -0.2) is 0 Å². The van der Waals surface area contributed by atoms with Crippen LogP contribution in [0.15, 0.2) is 0 Å². The minimum absolute atomic E-state index is 0.215. The third-order valence-electron chi connectivity index (χ3n) is 2.41. The number of hydrogen-bond acceptors (Lipinski definition) is 3. The monoisotopic (exact) mass is 173 g/mol. The summed E-state index contributed by atoms with van der Waals surface area (Å²) in [5.74, 6) is -0.758. The van der Waals surface area contributed by atoms with E-state index in [1.165, 1.54) is 0 Å². The Morgan fingerprint density at radius 1 is 1.75 bits per heavy atom. The molecule has 0 saturated carbocycles. The summed E-state index contributed by atoms with van der Waals surface area (Å²) in [7, 11) is 1.67. The van der Waals surface area contributed by atoms with Gasteiger partial charge in [-0.1, -0.05) is 0 Å². The highest BCUT2D eigenvalue weighted by molar-refractivity contribution is 5.72. The fraction of sp³-hybridized carbons (Fsp3) is 0.875. The van der Waals surface area contributed by atoms with Crippen LogP contribution in [0, 0.1) is 0 Å². The van der Waals surface area contributed by atoms with E-state index in [1.54, 1.807) is 14.0 Å². The SMILES string of the molecule is CO[C@H]1CCN([C@H](C)C(=O)O)C1. The number of nitrogens with zero attached hydrogens (tertiary/aromatic N) is 1. The van der Waals surface area contributed by atoms with E-state index in [4.69, 9.17) is 9.84 Å². The summed E-state index contributed by atoms with van der Waals surface area (Å²) in [5, 5.41) is 8.72. The van der Waals surface area contributed by atoms with Crippen molar-refractivity contribution >= 4 is 5.97 Å². The quantitative estimate of drug-likeness (QED) is 0.661. The number of rotatable bonds is 3. The molecule has 0 spiro atoms. The van der Waals surface area contributed by atoms with Crippen LogP contribution in [0.3, 0.4) is 0 Å². The van der Waals surface area contributed by atoms with E-state index in [-0.39, 0.29) is 12.1 Å². The van der Waals surface area contributed by atoms with Gasteiger partial charge in [-0.05, 0) is 13.3 Å². The molecule has 0 radical (unpaired) electrons. The molecule has 0 aromatic heterocycles. The maximum atomic E-state index is 10.6. The summed E-state index contributed by atoms with van der Waals surface area (Å²) >= 11 is 0. The molecule has 0 aromatic carbocycles. The molecule has 70 valence electrons. The van der Waals surface area contributed by atoms with E-state index in [0.29, 0.717) is 0 Å². The van der Waals surface area contributed by atoms with Crippen molar-refractivity contribution < 1.29 is 14.6 Å². The van der Waals surface area contributed by atoms with Crippen LogP contribution in [0.5, 0.6) is 0 Å². The Hall–Kier alpha value is -0.610. The average molecular weight is 173 g/mol. The molecule has 1 saturated heterocycles. The van der Waals surface area contributed by atoms with Crippen molar-refractivity contribution in [3.63, 3.8) is 0 Å². The van der Waals surface area contributed by atoms with Crippen LogP contribution in [0.4, 0.5) is 0 Å². The lowest BCUT2D eigenvalue weighted by molar-refractivity contribution is -0.142. The van der Waals surface area contributed by atoms with E-state index < -0.39 is 5.97 Å². The molecular formula is C8H15NO3. The van der Waals surface area contributed by atoms with Gasteiger partial charge in [0.2, 0.25) is 0 Å². The Kier molecular flexibility index (Phi) is 3.05. The maximum absolute atomic E-state index is 10.6. The second kappa shape index (κ2) is 3.87. The van der Waals surface area contributed by atoms with Gasteiger partial charge < -0.3 is 9.84 Å². The van der Waals surface area contributed by atoms with Gasteiger partial charge in [-0.3, -0.25) is 9.69 Å². The molecule has 4 nitrogen and oxygen atoms in total. The predicted octanol–water partition coefficient (Wildman–Crippen LogP) is 0.180. The van der Waals surface area contributed by atoms with E-state index in [1.807, 2.05) is 4.90 Å². The van der Waals surface area contributed by atoms with E-state index in [9.17, 15) is 4.79 Å². The zero-order valence-corrected chi connectivity index (χ0v) is 7.49. The minimum atomic E-state index is -0.758. The predicted molar refractivity (Wildman–Crippen MR) is 44.1 cm³/mol. The first-order valence-electron chi connectivity index (χ1n) is 4.14. The van der Waals surface area contributed by atoms with Crippen LogP contribution >= 0.6 is 0 Å². The standard InChI is InChI=1S/C8H15NO3/c1-6(8(10)11)9-4-3-7(5-9)12-2/h6-7H,3-5H2,1-2H3,(H,10,11)/t6-,7+/m1/s1. The number of aliphatic carboxylic acids is 1. The number of likely N-dealkylation sites (tertiary alicyclic amines) is 1. The van der Waals surface area contributed by atoms with Crippen molar-refractivity contribution in [2.45, 2.75) is 25.5 Å². The lowest BCUT2D eigenvalue weighted by atomic mass is 10.3. The van der Waals surface area contributed by atoms with Crippen LogP contribution in [0.25, 0.3) is 0 Å². The van der Waals surface area contributed by atoms with Crippen molar-refractivity contribution in [1.29, 1.82) is 0 Å². The highest BCUT2D eigenvalue weighted by Crippen LogP contribution is 2.14. The number of hydrogen-bond donors (Lipinski definition) is 1. The Labute approximate surface area is 72.1 Å². The fourth-order valence-electron chi connectivity index (χ4n) is 1.45. The number of carboxylic acid groups (broad SMARTS) is 1. The third kappa shape index (κ3) is 1.95. The topological polar surface area (TPSA) is 49.8 Å². The number of ether oxygens (including phenoxy) is 1. The molecule has 0 aliphatic carbocycles. The first-order valence-corrected chi connectivity index (χ1v) is 4.14. The van der Waals surface area contributed by atoms with E-state index >= 15 is 0 Å². The summed E-state index contributed by atoms with van der Waals surface area (Å²) in [4.78, 5) is 12.5. The largest absolute Gasteiger partial charge is 0.480 e. The Morgan fingerprint density at radius 2 is 2.42 bits per heavy atom. The lowest BCUT2D eigenvalue weighted by Gasteiger charge is -2.19. The highest BCUT2D eigenvalue weighted by atomic mass is 16.5. The van der Waals surface area contributed by atoms with Gasteiger partial charge >= 0.3 is 5.97 Å². The van der Waals surface area contributed by atoms with Crippen LogP contribution < -0.4 is 0 Å². The smallest absolute Gasteiger partial charge is 0.320 e. The van der Waals surface area contributed by atoms with Crippen molar-refractivity contribution in [3.8, 4) is 0 Å². The molecule has 4 heteroatoms. The van der Waals surface area contributed by atoms with Crippen molar-refractivity contribution in [2.75, 3.05) is 20.2 Å². The maximum Gasteiger partial charge on any atom is 0.320 e. The van der Waals surface area contributed by atoms with Gasteiger partial charge in [0.05, 0.1) is 6.10 Å². The second-order valence-corrected chi connectivity index (χ2v) is 3.16. The number of carboxylic acids is 1. The molecule has 1 N–H and O–H groups in total. The fourth-order valence-corrected chi connectivity index (χ4v) is 1.45. The molecule has 12 heavy (non-hydrogen) atoms. The highest BCUT2D eigenvalue weighted by Gasteiger charge is 2.28. The second-order valence-electron chi connectivity index (χ2n) is 3.16. The normalized spacial score (nSPS) is 27.3. The molecule has 0 aromatic rings. The summed E-state index contributed by atoms with van der Waals surface area (Å²) in [5.41, 5.74) is 0. The van der Waals surface area contributed by atoms with Gasteiger partial charge in [0.15, 0.2) is 0 Å². The van der Waals surface area contributed by atoms with Crippen LogP contribution in [0.2, 0.25) is 0 Å². The summed E-state index contributed by atoms with van der Waals surface area (Å²) in [6, 6.07) is -0.384. The summed E-state index contributed by atoms with van der Waals surface area (Å²) < 4.78 is 5.14. The zero-order chi connectivity index (χ0) is 9.14. The van der Waals surface area contributed by atoms with Crippen molar-refractivity contribution in [1.82, 2.24) is 4.90 Å². The molecule has 1 heterocycles. The molecule has 0 unspecified atom stereocenters. The molecular weight excluding hydrogens is 158 g/mol. The van der Waals surface area contributed by atoms with Crippen molar-refractivity contribution in [3.05, 3.63) is 0 Å². The lowest BCUT2D eigenvalue weighted by Crippen LogP contribution is -2.37. The zero-order valence-electron chi connectivity index (χ0n) is 7.49. The first kappa shape index (κ1) is 9.48. The van der Waals surface area contributed by atoms with E-state index in [2.05, 4.69) is 0 Å². The van der Waals surface area contributed by atoms with Gasteiger partial charge in [-0.2, -0.15) is 0 Å². The van der Waals surface area contributed by atoms with Crippen LogP contribution in [-0.2, 0) is 9.53 Å². The van der Waals surface area contributed by atoms with Gasteiger partial charge in [0, 0.05) is 20.2 Å². The number of carbonyl (C=O) groups is 1. The van der Waals surface area contributed by atoms with Gasteiger partial charge in [0.1, 0.15) is 6.04 Å². The summed E-state index contributed by atoms with van der Waals surface area (Å²) in [6.07, 6.45) is 1.15. The first-order chi connectivity index (χ1) is 5.65. The Bertz CT molecular complexity index is 172. The summed E-state index contributed by atoms with van der Waals surface area (Å²) in [6.45, 7) is 3.27. The van der Waals surface area contributed by atoms with Gasteiger partial charge in [-0.15, -0.1) is 0 Å². The van der Waals surface area contributed by atoms with Crippen LogP contribution in [-0.4, -0.2) is 48.3 Å². The Morgan fingerprint density at radius 3 is 2.83 bits per heavy atom. The van der Waals surface area contributed by atoms with Crippen molar-refractivity contribution in [2.24, 2.45) is 0 Å². The van der Waals surface area contributed by atoms with Gasteiger partial charge in [0.25, 0.3) is 0 Å². The molecule has 0 bridgehead atoms. The van der Waals surface area contributed by atoms with Crippen LogP contribution in [0.1, 0.15) is 13.3 Å². The van der Waals surface area contributed by atoms with E-state index in [0.717, 1.165) is 19.5 Å². The number of methoxy groups -OCH3 is 1. The molecule has 1 rings (SSSR count). The average Bonchev–Trinajstić information content (AvgIpc) is 2.50. The molecule has 1 aliphatic heterocycles. The molecule has 0 amide bonds. The molecule has 1 aliphatic rings. The molecule has 1 fully saturated rings. The minimum Gasteiger partial charge on any atom is -0.480 e. The Balaban J connectivity index is 2.41. The molecule has 2 atom stereocenters. The third-order valence-corrected chi connectivity index (χ3v) is 2.41.